The topological polar surface area (TPSA) is 78.0 Å². The molecule has 0 radical (unpaired) electrons. The highest BCUT2D eigenvalue weighted by Crippen LogP contribution is 2.42. The molecule has 2 unspecified atom stereocenters. The fourth-order valence-electron chi connectivity index (χ4n) is 4.95. The van der Waals surface area contributed by atoms with E-state index in [-0.39, 0.29) is 0 Å². The van der Waals surface area contributed by atoms with Crippen LogP contribution >= 0.6 is 0 Å². The van der Waals surface area contributed by atoms with Crippen LogP contribution in [0.25, 0.3) is 33.2 Å². The number of fused-ring (bicyclic) bond motifs is 3. The van der Waals surface area contributed by atoms with Crippen LogP contribution in [0.1, 0.15) is 23.6 Å². The minimum Gasteiger partial charge on any atom is -0.398 e. The Hall–Kier alpha value is -4.68. The van der Waals surface area contributed by atoms with Crippen molar-refractivity contribution in [2.24, 2.45) is 0 Å². The molecule has 3 heterocycles. The summed E-state index contributed by atoms with van der Waals surface area (Å²) >= 11 is 0. The van der Waals surface area contributed by atoms with Gasteiger partial charge in [-0.25, -0.2) is 9.67 Å². The van der Waals surface area contributed by atoms with Crippen LogP contribution < -0.4 is 11.1 Å². The molecule has 2 atom stereocenters. The van der Waals surface area contributed by atoms with E-state index in [1.54, 1.807) is 0 Å². The van der Waals surface area contributed by atoms with Crippen molar-refractivity contribution in [1.82, 2.24) is 14.8 Å². The molecule has 7 rings (SSSR count). The number of nitrogen functional groups attached to an aromatic ring is 1. The van der Waals surface area contributed by atoms with Crippen LogP contribution in [-0.2, 0) is 4.74 Å². The molecule has 0 amide bonds. The van der Waals surface area contributed by atoms with E-state index >= 15 is 0 Å². The van der Waals surface area contributed by atoms with Crippen LogP contribution in [0.4, 0.5) is 11.4 Å². The molecule has 0 bridgehead atoms. The number of anilines is 2. The van der Waals surface area contributed by atoms with Gasteiger partial charge in [0.2, 0.25) is 0 Å². The second-order valence-electron chi connectivity index (χ2n) is 8.94. The molecule has 6 aromatic rings. The van der Waals surface area contributed by atoms with Gasteiger partial charge in [-0.05, 0) is 24.3 Å². The number of ether oxygens (including phenoxy) is 1. The maximum Gasteiger partial charge on any atom is 0.183 e. The highest BCUT2D eigenvalue weighted by atomic mass is 16.5. The van der Waals surface area contributed by atoms with Gasteiger partial charge in [-0.1, -0.05) is 84.9 Å². The zero-order valence-corrected chi connectivity index (χ0v) is 19.4. The summed E-state index contributed by atoms with van der Waals surface area (Å²) in [7, 11) is 0. The Morgan fingerprint density at radius 2 is 1.50 bits per heavy atom. The summed E-state index contributed by atoms with van der Waals surface area (Å²) in [6.45, 7) is 0. The average molecular weight is 470 g/mol. The molecule has 0 saturated carbocycles. The Kier molecular flexibility index (Phi) is 4.72. The lowest BCUT2D eigenvalue weighted by atomic mass is 10.1. The van der Waals surface area contributed by atoms with Crippen molar-refractivity contribution in [3.8, 4) is 11.3 Å². The Balaban J connectivity index is 1.47. The molecule has 0 fully saturated rings. The van der Waals surface area contributed by atoms with E-state index in [1.807, 2.05) is 77.5 Å². The highest BCUT2D eigenvalue weighted by Gasteiger charge is 2.32. The van der Waals surface area contributed by atoms with Gasteiger partial charge in [-0.3, -0.25) is 0 Å². The van der Waals surface area contributed by atoms with E-state index in [1.165, 1.54) is 0 Å². The molecule has 36 heavy (non-hydrogen) atoms. The van der Waals surface area contributed by atoms with Crippen molar-refractivity contribution in [3.05, 3.63) is 120 Å². The first-order valence-electron chi connectivity index (χ1n) is 11.9. The molecule has 3 N–H and O–H groups in total. The van der Waals surface area contributed by atoms with E-state index in [0.29, 0.717) is 5.69 Å². The van der Waals surface area contributed by atoms with E-state index < -0.39 is 12.5 Å². The molecule has 4 aromatic carbocycles. The predicted molar refractivity (Wildman–Crippen MR) is 143 cm³/mol. The smallest absolute Gasteiger partial charge is 0.183 e. The zero-order valence-electron chi connectivity index (χ0n) is 19.4. The third kappa shape index (κ3) is 3.31. The second-order valence-corrected chi connectivity index (χ2v) is 8.94. The minimum atomic E-state index is -0.499. The summed E-state index contributed by atoms with van der Waals surface area (Å²) < 4.78 is 8.62. The molecule has 1 aliphatic heterocycles. The van der Waals surface area contributed by atoms with Crippen molar-refractivity contribution < 1.29 is 4.74 Å². The minimum absolute atomic E-state index is 0.439. The fourth-order valence-corrected chi connectivity index (χ4v) is 4.95. The summed E-state index contributed by atoms with van der Waals surface area (Å²) in [5, 5.41) is 10.7. The van der Waals surface area contributed by atoms with E-state index in [2.05, 4.69) is 41.7 Å². The predicted octanol–water partition coefficient (Wildman–Crippen LogP) is 6.52. The number of nitrogens with two attached hydrogens (primary N) is 1. The summed E-state index contributed by atoms with van der Waals surface area (Å²) in [6.07, 6.45) is -0.938. The lowest BCUT2D eigenvalue weighted by molar-refractivity contribution is -0.0287. The van der Waals surface area contributed by atoms with Crippen LogP contribution in [0.2, 0.25) is 0 Å². The molecule has 6 heteroatoms. The number of benzene rings is 4. The monoisotopic (exact) mass is 469 g/mol. The summed E-state index contributed by atoms with van der Waals surface area (Å²) in [5.74, 6) is 0. The van der Waals surface area contributed by atoms with Gasteiger partial charge in [-0.2, -0.15) is 5.10 Å². The van der Waals surface area contributed by atoms with E-state index in [9.17, 15) is 0 Å². The van der Waals surface area contributed by atoms with Gasteiger partial charge in [0.1, 0.15) is 5.69 Å². The number of aromatic nitrogens is 3. The van der Waals surface area contributed by atoms with Gasteiger partial charge >= 0.3 is 0 Å². The van der Waals surface area contributed by atoms with Crippen LogP contribution in [0.3, 0.4) is 0 Å². The van der Waals surface area contributed by atoms with Gasteiger partial charge in [0.25, 0.3) is 0 Å². The third-order valence-corrected chi connectivity index (χ3v) is 6.71. The van der Waals surface area contributed by atoms with Gasteiger partial charge in [0.15, 0.2) is 18.1 Å². The fraction of sp³-hybridized carbons (Fsp3) is 0.0667. The normalized spacial score (nSPS) is 17.1. The van der Waals surface area contributed by atoms with E-state index in [0.717, 1.165) is 50.0 Å². The third-order valence-electron chi connectivity index (χ3n) is 6.71. The molecule has 1 aliphatic rings. The number of rotatable bonds is 3. The SMILES string of the molecule is Nc1ccccc1C1Nc2ccccc2C(n2nc(-c3ccccc3)c3cc4ccccc4nc32)O1. The van der Waals surface area contributed by atoms with Crippen molar-refractivity contribution in [3.63, 3.8) is 0 Å². The quantitative estimate of drug-likeness (QED) is 0.289. The maximum absolute atomic E-state index is 6.70. The first-order valence-corrected chi connectivity index (χ1v) is 11.9. The Morgan fingerprint density at radius 3 is 2.36 bits per heavy atom. The number of hydrogen-bond donors (Lipinski definition) is 2. The molecular weight excluding hydrogens is 446 g/mol. The van der Waals surface area contributed by atoms with Crippen LogP contribution in [0.15, 0.2) is 109 Å². The summed E-state index contributed by atoms with van der Waals surface area (Å²) in [4.78, 5) is 5.06. The molecular formula is C30H23N5O. The summed E-state index contributed by atoms with van der Waals surface area (Å²) in [5.41, 5.74) is 13.5. The van der Waals surface area contributed by atoms with Crippen molar-refractivity contribution in [2.75, 3.05) is 11.1 Å². The van der Waals surface area contributed by atoms with Crippen molar-refractivity contribution >= 4 is 33.3 Å². The number of nitrogens with one attached hydrogen (secondary N) is 1. The van der Waals surface area contributed by atoms with E-state index in [4.69, 9.17) is 20.6 Å². The van der Waals surface area contributed by atoms with Crippen molar-refractivity contribution in [2.45, 2.75) is 12.5 Å². The van der Waals surface area contributed by atoms with Crippen molar-refractivity contribution in [1.29, 1.82) is 0 Å². The highest BCUT2D eigenvalue weighted by molar-refractivity contribution is 5.99. The number of nitrogens with zero attached hydrogens (tertiary/aromatic N) is 3. The molecule has 0 spiro atoms. The number of pyridine rings is 1. The molecule has 6 nitrogen and oxygen atoms in total. The Morgan fingerprint density at radius 1 is 0.778 bits per heavy atom. The summed E-state index contributed by atoms with van der Waals surface area (Å²) in [6, 6.07) is 36.5. The first-order chi connectivity index (χ1) is 17.8. The van der Waals surface area contributed by atoms with Crippen LogP contribution in [0, 0.1) is 0 Å². The van der Waals surface area contributed by atoms with Gasteiger partial charge < -0.3 is 15.8 Å². The Bertz CT molecular complexity index is 1730. The van der Waals surface area contributed by atoms with Gasteiger partial charge in [0.05, 0.1) is 5.52 Å². The Labute approximate surface area is 208 Å². The maximum atomic E-state index is 6.70. The van der Waals surface area contributed by atoms with Gasteiger partial charge in [0, 0.05) is 38.8 Å². The number of para-hydroxylation sites is 3. The molecule has 0 saturated heterocycles. The lowest BCUT2D eigenvalue weighted by Crippen LogP contribution is -2.29. The van der Waals surface area contributed by atoms with Crippen LogP contribution in [0.5, 0.6) is 0 Å². The molecule has 0 aliphatic carbocycles. The largest absolute Gasteiger partial charge is 0.398 e. The standard InChI is InChI=1S/C30H23N5O/c31-24-15-7-5-13-21(24)29-33-26-17-9-6-14-22(26)30(36-29)35-28-23(18-20-12-4-8-16-25(20)32-28)27(34-35)19-10-2-1-3-11-19/h1-18,29-30,33H,31H2. The zero-order chi connectivity index (χ0) is 24.1. The van der Waals surface area contributed by atoms with Crippen LogP contribution in [-0.4, -0.2) is 14.8 Å². The molecule has 174 valence electrons. The second kappa shape index (κ2) is 8.22. The van der Waals surface area contributed by atoms with Gasteiger partial charge in [-0.15, -0.1) is 0 Å². The lowest BCUT2D eigenvalue weighted by Gasteiger charge is -2.34. The average Bonchev–Trinajstić information content (AvgIpc) is 3.30. The molecule has 2 aromatic heterocycles. The first kappa shape index (κ1) is 20.7. The number of hydrogen-bond acceptors (Lipinski definition) is 5.